The van der Waals surface area contributed by atoms with E-state index in [4.69, 9.17) is 9.84 Å². The Labute approximate surface area is 186 Å². The van der Waals surface area contributed by atoms with Gasteiger partial charge in [0.15, 0.2) is 0 Å². The molecule has 3 aromatic rings. The van der Waals surface area contributed by atoms with Gasteiger partial charge >= 0.3 is 5.97 Å². The molecule has 0 saturated carbocycles. The van der Waals surface area contributed by atoms with Crippen LogP contribution < -0.4 is 9.04 Å². The second kappa shape index (κ2) is 8.55. The number of ether oxygens (including phenoxy) is 1. The number of benzene rings is 3. The van der Waals surface area contributed by atoms with Crippen LogP contribution in [0.15, 0.2) is 71.6 Å². The summed E-state index contributed by atoms with van der Waals surface area (Å²) in [5.74, 6) is -0.541. The number of carboxylic acids is 1. The van der Waals surface area contributed by atoms with E-state index in [0.717, 1.165) is 5.56 Å². The smallest absolute Gasteiger partial charge is 0.303 e. The lowest BCUT2D eigenvalue weighted by atomic mass is 10.0. The van der Waals surface area contributed by atoms with Gasteiger partial charge in [0.25, 0.3) is 10.0 Å². The number of phenols is 1. The fourth-order valence-corrected chi connectivity index (χ4v) is 5.37. The normalized spacial score (nSPS) is 15.7. The van der Waals surface area contributed by atoms with Gasteiger partial charge in [-0.1, -0.05) is 36.4 Å². The van der Waals surface area contributed by atoms with E-state index >= 15 is 0 Å². The second-order valence-electron chi connectivity index (χ2n) is 7.72. The number of hydrogen-bond donors (Lipinski definition) is 2. The molecule has 1 aliphatic rings. The van der Waals surface area contributed by atoms with Gasteiger partial charge in [0.1, 0.15) is 17.6 Å². The first kappa shape index (κ1) is 21.7. The van der Waals surface area contributed by atoms with E-state index < -0.39 is 22.1 Å². The van der Waals surface area contributed by atoms with Crippen molar-refractivity contribution in [3.05, 3.63) is 72.3 Å². The third-order valence-corrected chi connectivity index (χ3v) is 7.14. The molecule has 0 radical (unpaired) electrons. The molecule has 0 spiro atoms. The fourth-order valence-electron chi connectivity index (χ4n) is 3.76. The molecule has 0 bridgehead atoms. The van der Waals surface area contributed by atoms with Crippen molar-refractivity contribution >= 4 is 21.7 Å². The van der Waals surface area contributed by atoms with Gasteiger partial charge in [0.2, 0.25) is 0 Å². The number of carboxylic acid groups (broad SMARTS) is 1. The van der Waals surface area contributed by atoms with Crippen LogP contribution in [0.4, 0.5) is 5.69 Å². The molecule has 0 aromatic heterocycles. The highest BCUT2D eigenvalue weighted by Crippen LogP contribution is 2.41. The average Bonchev–Trinajstić information content (AvgIpc) is 2.77. The molecule has 32 heavy (non-hydrogen) atoms. The molecule has 8 heteroatoms. The zero-order chi connectivity index (χ0) is 22.9. The van der Waals surface area contributed by atoms with Crippen molar-refractivity contribution in [2.75, 3.05) is 10.8 Å². The number of aliphatic carboxylic acids is 1. The number of hydrogen-bond acceptors (Lipinski definition) is 5. The van der Waals surface area contributed by atoms with E-state index in [0.29, 0.717) is 22.6 Å². The third-order valence-electron chi connectivity index (χ3n) is 5.36. The molecule has 0 fully saturated rings. The van der Waals surface area contributed by atoms with Gasteiger partial charge < -0.3 is 14.9 Å². The highest BCUT2D eigenvalue weighted by molar-refractivity contribution is 7.92. The maximum Gasteiger partial charge on any atom is 0.303 e. The van der Waals surface area contributed by atoms with Crippen molar-refractivity contribution in [3.63, 3.8) is 0 Å². The molecule has 166 valence electrons. The Morgan fingerprint density at radius 3 is 2.59 bits per heavy atom. The minimum Gasteiger partial charge on any atom is -0.507 e. The Morgan fingerprint density at radius 1 is 1.09 bits per heavy atom. The van der Waals surface area contributed by atoms with Crippen molar-refractivity contribution in [2.45, 2.75) is 30.8 Å². The monoisotopic (exact) mass is 453 g/mol. The quantitative estimate of drug-likeness (QED) is 0.580. The summed E-state index contributed by atoms with van der Waals surface area (Å²) in [4.78, 5) is 11.2. The van der Waals surface area contributed by atoms with Crippen LogP contribution >= 0.6 is 0 Å². The van der Waals surface area contributed by atoms with Gasteiger partial charge in [-0.25, -0.2) is 8.42 Å². The van der Waals surface area contributed by atoms with Crippen LogP contribution in [-0.2, 0) is 14.8 Å². The van der Waals surface area contributed by atoms with E-state index in [-0.39, 0.29) is 30.0 Å². The molecule has 1 aliphatic heterocycles. The molecule has 1 atom stereocenters. The zero-order valence-electron chi connectivity index (χ0n) is 17.4. The first-order valence-electron chi connectivity index (χ1n) is 10.2. The van der Waals surface area contributed by atoms with Crippen LogP contribution in [0.3, 0.4) is 0 Å². The average molecular weight is 454 g/mol. The molecule has 1 heterocycles. The summed E-state index contributed by atoms with van der Waals surface area (Å²) in [7, 11) is -3.94. The maximum absolute atomic E-state index is 13.6. The lowest BCUT2D eigenvalue weighted by Gasteiger charge is -2.35. The predicted octanol–water partition coefficient (Wildman–Crippen LogP) is 4.19. The van der Waals surface area contributed by atoms with Crippen molar-refractivity contribution in [1.82, 2.24) is 0 Å². The Balaban J connectivity index is 1.81. The highest BCUT2D eigenvalue weighted by Gasteiger charge is 2.35. The van der Waals surface area contributed by atoms with Crippen LogP contribution in [0.25, 0.3) is 11.1 Å². The summed E-state index contributed by atoms with van der Waals surface area (Å²) >= 11 is 0. The van der Waals surface area contributed by atoms with E-state index in [1.165, 1.54) is 10.4 Å². The molecular formula is C24H23NO6S. The minimum atomic E-state index is -3.94. The second-order valence-corrected chi connectivity index (χ2v) is 9.59. The number of aromatic hydroxyl groups is 1. The van der Waals surface area contributed by atoms with Gasteiger partial charge in [-0.3, -0.25) is 9.10 Å². The van der Waals surface area contributed by atoms with Crippen molar-refractivity contribution in [2.24, 2.45) is 0 Å². The fraction of sp³-hybridized carbons (Fsp3) is 0.208. The summed E-state index contributed by atoms with van der Waals surface area (Å²) in [5, 5.41) is 19.3. The Bertz CT molecular complexity index is 1270. The summed E-state index contributed by atoms with van der Waals surface area (Å²) in [6, 6.07) is 18.5. The largest absolute Gasteiger partial charge is 0.507 e. The van der Waals surface area contributed by atoms with Crippen LogP contribution in [-0.4, -0.2) is 37.2 Å². The number of nitrogens with zero attached hydrogens (tertiary/aromatic N) is 1. The number of phenolic OH excluding ortho intramolecular Hbond substituents is 1. The summed E-state index contributed by atoms with van der Waals surface area (Å²) in [6.45, 7) is 1.80. The van der Waals surface area contributed by atoms with Gasteiger partial charge in [-0.2, -0.15) is 0 Å². The van der Waals surface area contributed by atoms with Gasteiger partial charge in [0, 0.05) is 12.0 Å². The van der Waals surface area contributed by atoms with E-state index in [9.17, 15) is 18.3 Å². The third kappa shape index (κ3) is 4.27. The topological polar surface area (TPSA) is 104 Å². The Hall–Kier alpha value is -3.52. The predicted molar refractivity (Wildman–Crippen MR) is 121 cm³/mol. The van der Waals surface area contributed by atoms with Crippen molar-refractivity contribution in [1.29, 1.82) is 0 Å². The molecule has 0 unspecified atom stereocenters. The van der Waals surface area contributed by atoms with Crippen molar-refractivity contribution < 1.29 is 28.2 Å². The number of sulfonamides is 1. The molecule has 3 aromatic carbocycles. The molecule has 7 nitrogen and oxygen atoms in total. The number of anilines is 1. The summed E-state index contributed by atoms with van der Waals surface area (Å²) in [6.07, 6.45) is -0.557. The van der Waals surface area contributed by atoms with Crippen LogP contribution in [0.1, 0.15) is 18.4 Å². The Kier molecular flexibility index (Phi) is 5.80. The SMILES string of the molecule is Cc1cccc(S(=O)(=O)N2C[C@H](CCC(=O)O)Oc3ccc(-c4ccccc4O)cc32)c1. The summed E-state index contributed by atoms with van der Waals surface area (Å²) < 4.78 is 34.4. The molecule has 0 amide bonds. The lowest BCUT2D eigenvalue weighted by molar-refractivity contribution is -0.137. The number of fused-ring (bicyclic) bond motifs is 1. The standard InChI is InChI=1S/C24H23NO6S/c1-16-5-4-6-19(13-16)32(29,30)25-15-18(10-12-24(27)28)31-23-11-9-17(14-21(23)25)20-7-2-3-8-22(20)26/h2-9,11,13-14,18,26H,10,12,15H2,1H3,(H,27,28)/t18-/m0/s1. The van der Waals surface area contributed by atoms with Crippen LogP contribution in [0.2, 0.25) is 0 Å². The molecule has 0 aliphatic carbocycles. The van der Waals surface area contributed by atoms with Gasteiger partial charge in [-0.15, -0.1) is 0 Å². The van der Waals surface area contributed by atoms with Crippen molar-refractivity contribution in [3.8, 4) is 22.6 Å². The lowest BCUT2D eigenvalue weighted by Crippen LogP contribution is -2.43. The minimum absolute atomic E-state index is 0.0131. The van der Waals surface area contributed by atoms with Crippen LogP contribution in [0, 0.1) is 6.92 Å². The molecular weight excluding hydrogens is 430 g/mol. The van der Waals surface area contributed by atoms with E-state index in [2.05, 4.69) is 0 Å². The maximum atomic E-state index is 13.6. The number of aryl methyl sites for hydroxylation is 1. The number of para-hydroxylation sites is 1. The highest BCUT2D eigenvalue weighted by atomic mass is 32.2. The number of rotatable bonds is 6. The molecule has 0 saturated heterocycles. The first-order chi connectivity index (χ1) is 15.3. The zero-order valence-corrected chi connectivity index (χ0v) is 18.2. The van der Waals surface area contributed by atoms with E-state index in [1.54, 1.807) is 54.6 Å². The van der Waals surface area contributed by atoms with Gasteiger partial charge in [0.05, 0.1) is 17.1 Å². The molecule has 4 rings (SSSR count). The van der Waals surface area contributed by atoms with Gasteiger partial charge in [-0.05, 0) is 54.8 Å². The van der Waals surface area contributed by atoms with E-state index in [1.807, 2.05) is 13.0 Å². The summed E-state index contributed by atoms with van der Waals surface area (Å²) in [5.41, 5.74) is 2.36. The first-order valence-corrected chi connectivity index (χ1v) is 11.6. The molecule has 2 N–H and O–H groups in total. The van der Waals surface area contributed by atoms with Crippen LogP contribution in [0.5, 0.6) is 11.5 Å². The Morgan fingerprint density at radius 2 is 1.88 bits per heavy atom. The number of carbonyl (C=O) groups is 1.